The van der Waals surface area contributed by atoms with E-state index in [1.165, 1.54) is 18.2 Å². The molecule has 2 aromatic rings. The second kappa shape index (κ2) is 7.43. The van der Waals surface area contributed by atoms with E-state index in [1.54, 1.807) is 18.2 Å². The number of rotatable bonds is 0. The van der Waals surface area contributed by atoms with Crippen LogP contribution in [0, 0.1) is 11.6 Å². The van der Waals surface area contributed by atoms with Crippen LogP contribution < -0.4 is 0 Å². The Kier molecular flexibility index (Phi) is 6.57. The third-order valence-electron chi connectivity index (χ3n) is 1.71. The van der Waals surface area contributed by atoms with Crippen molar-refractivity contribution in [1.29, 1.82) is 0 Å². The average Bonchev–Trinajstić information content (AvgIpc) is 2.23. The van der Waals surface area contributed by atoms with Crippen LogP contribution in [0.4, 0.5) is 8.78 Å². The predicted molar refractivity (Wildman–Crippen MR) is 78.2 cm³/mol. The molecule has 0 aromatic heterocycles. The number of halogens is 6. The Morgan fingerprint density at radius 3 is 1.94 bits per heavy atom. The highest BCUT2D eigenvalue weighted by molar-refractivity contribution is 9.10. The Balaban J connectivity index is 0.000000180. The van der Waals surface area contributed by atoms with Crippen molar-refractivity contribution in [3.63, 3.8) is 0 Å². The quantitative estimate of drug-likeness (QED) is 0.429. The third kappa shape index (κ3) is 5.65. The fraction of sp³-hybridized carbons (Fsp3) is 0. The zero-order valence-electron chi connectivity index (χ0n) is 8.73. The molecule has 0 unspecified atom stereocenters. The van der Waals surface area contributed by atoms with Gasteiger partial charge in [-0.2, -0.15) is 0 Å². The summed E-state index contributed by atoms with van der Waals surface area (Å²) in [5.74, 6) is -0.656. The summed E-state index contributed by atoms with van der Waals surface area (Å²) in [4.78, 5) is 0. The van der Waals surface area contributed by atoms with Crippen LogP contribution in [-0.2, 0) is 0 Å². The molecule has 0 fully saturated rings. The van der Waals surface area contributed by atoms with Crippen LogP contribution >= 0.6 is 55.1 Å². The maximum Gasteiger partial charge on any atom is 0.138 e. The van der Waals surface area contributed by atoms with Gasteiger partial charge in [0.1, 0.15) is 11.6 Å². The van der Waals surface area contributed by atoms with Gasteiger partial charge in [-0.3, -0.25) is 0 Å². The zero-order valence-corrected chi connectivity index (χ0v) is 13.4. The van der Waals surface area contributed by atoms with Crippen LogP contribution in [0.3, 0.4) is 0 Å². The van der Waals surface area contributed by atoms with E-state index in [4.69, 9.17) is 23.2 Å². The molecule has 0 heterocycles. The van der Waals surface area contributed by atoms with Crippen molar-refractivity contribution < 1.29 is 8.78 Å². The van der Waals surface area contributed by atoms with Gasteiger partial charge >= 0.3 is 0 Å². The molecule has 0 spiro atoms. The largest absolute Gasteiger partial charge is 0.207 e. The van der Waals surface area contributed by atoms with E-state index in [1.807, 2.05) is 0 Å². The van der Waals surface area contributed by atoms with Gasteiger partial charge in [0.05, 0.1) is 4.47 Å². The van der Waals surface area contributed by atoms with Crippen molar-refractivity contribution in [2.75, 3.05) is 0 Å². The summed E-state index contributed by atoms with van der Waals surface area (Å²) in [5.41, 5.74) is 0. The maximum absolute atomic E-state index is 12.4. The Morgan fingerprint density at radius 2 is 1.50 bits per heavy atom. The van der Waals surface area contributed by atoms with Crippen LogP contribution in [0.1, 0.15) is 0 Å². The smallest absolute Gasteiger partial charge is 0.138 e. The molecule has 2 aromatic carbocycles. The minimum atomic E-state index is -0.331. The molecule has 0 N–H and O–H groups in total. The molecule has 2 rings (SSSR count). The molecule has 0 aliphatic carbocycles. The summed E-state index contributed by atoms with van der Waals surface area (Å²) in [6.45, 7) is 0. The van der Waals surface area contributed by atoms with Crippen LogP contribution in [0.2, 0.25) is 10.0 Å². The lowest BCUT2D eigenvalue weighted by Gasteiger charge is -1.91. The molecule has 0 aliphatic rings. The summed E-state index contributed by atoms with van der Waals surface area (Å²) < 4.78 is 25.9. The van der Waals surface area contributed by atoms with Gasteiger partial charge in [0, 0.05) is 14.5 Å². The van der Waals surface area contributed by atoms with Crippen molar-refractivity contribution in [2.45, 2.75) is 0 Å². The first-order valence-corrected chi connectivity index (χ1v) is 6.95. The second-order valence-corrected chi connectivity index (χ2v) is 5.79. The lowest BCUT2D eigenvalue weighted by molar-refractivity contribution is 0.621. The van der Waals surface area contributed by atoms with Crippen LogP contribution in [-0.4, -0.2) is 0 Å². The molecule has 18 heavy (non-hydrogen) atoms. The molecule has 0 atom stereocenters. The van der Waals surface area contributed by atoms with Crippen LogP contribution in [0.15, 0.2) is 45.3 Å². The summed E-state index contributed by atoms with van der Waals surface area (Å²) in [6.07, 6.45) is 0. The predicted octanol–water partition coefficient (Wildman–Crippen LogP) is 6.48. The fourth-order valence-electron chi connectivity index (χ4n) is 0.991. The highest BCUT2D eigenvalue weighted by Crippen LogP contribution is 2.19. The Morgan fingerprint density at radius 1 is 0.833 bits per heavy atom. The first-order chi connectivity index (χ1) is 8.38. The lowest BCUT2D eigenvalue weighted by Crippen LogP contribution is -1.73. The molecule has 6 heteroatoms. The van der Waals surface area contributed by atoms with Gasteiger partial charge in [-0.15, -0.1) is 0 Å². The zero-order chi connectivity index (χ0) is 13.7. The van der Waals surface area contributed by atoms with Gasteiger partial charge in [-0.1, -0.05) is 39.1 Å². The van der Waals surface area contributed by atoms with Crippen LogP contribution in [0.25, 0.3) is 0 Å². The van der Waals surface area contributed by atoms with E-state index < -0.39 is 0 Å². The first kappa shape index (κ1) is 15.9. The number of benzene rings is 2. The highest BCUT2D eigenvalue weighted by atomic mass is 79.9. The van der Waals surface area contributed by atoms with Gasteiger partial charge in [-0.25, -0.2) is 8.78 Å². The van der Waals surface area contributed by atoms with Crippen molar-refractivity contribution in [3.05, 3.63) is 67.0 Å². The molecule has 0 nitrogen and oxygen atoms in total. The topological polar surface area (TPSA) is 0 Å². The van der Waals surface area contributed by atoms with E-state index in [0.29, 0.717) is 19.0 Å². The summed E-state index contributed by atoms with van der Waals surface area (Å²) >= 11 is 17.0. The van der Waals surface area contributed by atoms with Gasteiger partial charge in [-0.05, 0) is 52.3 Å². The van der Waals surface area contributed by atoms with Gasteiger partial charge in [0.15, 0.2) is 0 Å². The van der Waals surface area contributed by atoms with Crippen molar-refractivity contribution in [1.82, 2.24) is 0 Å². The molecular weight excluding hydrogens is 413 g/mol. The van der Waals surface area contributed by atoms with Crippen LogP contribution in [0.5, 0.6) is 0 Å². The molecule has 0 aliphatic heterocycles. The van der Waals surface area contributed by atoms with Crippen molar-refractivity contribution in [2.24, 2.45) is 0 Å². The standard InChI is InChI=1S/2C6H3BrClF/c7-4-1-5(8)3-6(9)2-4;7-5-2-1-4(8)3-6(5)9/h2*1-3H. The monoisotopic (exact) mass is 416 g/mol. The lowest BCUT2D eigenvalue weighted by atomic mass is 10.3. The third-order valence-corrected chi connectivity index (χ3v) is 3.26. The normalized spacial score (nSPS) is 9.67. The molecular formula is C12H6Br2Cl2F2. The average molecular weight is 419 g/mol. The van der Waals surface area contributed by atoms with Gasteiger partial charge in [0.25, 0.3) is 0 Å². The highest BCUT2D eigenvalue weighted by Gasteiger charge is 1.96. The summed E-state index contributed by atoms with van der Waals surface area (Å²) in [6, 6.07) is 8.68. The van der Waals surface area contributed by atoms with E-state index in [-0.39, 0.29) is 11.6 Å². The molecule has 0 bridgehead atoms. The first-order valence-electron chi connectivity index (χ1n) is 4.60. The fourth-order valence-corrected chi connectivity index (χ4v) is 2.21. The molecule has 0 saturated carbocycles. The summed E-state index contributed by atoms with van der Waals surface area (Å²) in [5, 5.41) is 0.817. The van der Waals surface area contributed by atoms with E-state index in [9.17, 15) is 8.78 Å². The van der Waals surface area contributed by atoms with Crippen molar-refractivity contribution >= 4 is 55.1 Å². The van der Waals surface area contributed by atoms with Gasteiger partial charge in [0.2, 0.25) is 0 Å². The SMILES string of the molecule is Fc1cc(Cl)cc(Br)c1.Fc1cc(Cl)ccc1Br. The second-order valence-electron chi connectivity index (χ2n) is 3.15. The minimum absolute atomic E-state index is 0.325. The van der Waals surface area contributed by atoms with E-state index >= 15 is 0 Å². The molecule has 0 amide bonds. The van der Waals surface area contributed by atoms with Crippen molar-refractivity contribution in [3.8, 4) is 0 Å². The van der Waals surface area contributed by atoms with E-state index in [0.717, 1.165) is 0 Å². The Hall–Kier alpha value is -0.160. The summed E-state index contributed by atoms with van der Waals surface area (Å²) in [7, 11) is 0. The molecule has 0 saturated heterocycles. The molecule has 0 radical (unpaired) electrons. The van der Waals surface area contributed by atoms with E-state index in [2.05, 4.69) is 31.9 Å². The van der Waals surface area contributed by atoms with Gasteiger partial charge < -0.3 is 0 Å². The minimum Gasteiger partial charge on any atom is -0.207 e. The Labute approximate surface area is 130 Å². The molecule has 96 valence electrons. The Bertz CT molecular complexity index is 497. The number of hydrogen-bond acceptors (Lipinski definition) is 0. The number of hydrogen-bond donors (Lipinski definition) is 0. The maximum atomic E-state index is 12.4.